The van der Waals surface area contributed by atoms with Crippen molar-refractivity contribution in [2.75, 3.05) is 6.54 Å². The topological polar surface area (TPSA) is 79.9 Å². The minimum Gasteiger partial charge on any atom is -0.442 e. The first kappa shape index (κ1) is 25.1. The molecule has 0 bridgehead atoms. The Bertz CT molecular complexity index is 639. The number of likely N-dealkylation sites (tertiary alicyclic amines) is 1. The molecule has 3 aliphatic rings. The summed E-state index contributed by atoms with van der Waals surface area (Å²) in [6.45, 7) is 11.5. The molecule has 1 aliphatic heterocycles. The molecule has 7 heteroatoms. The van der Waals surface area contributed by atoms with E-state index in [1.54, 1.807) is 0 Å². The van der Waals surface area contributed by atoms with E-state index in [2.05, 4.69) is 50.2 Å². The summed E-state index contributed by atoms with van der Waals surface area (Å²) in [5.41, 5.74) is -0.663. The van der Waals surface area contributed by atoms with Crippen LogP contribution in [0.5, 0.6) is 0 Å². The van der Waals surface area contributed by atoms with Crippen molar-refractivity contribution in [3.05, 3.63) is 0 Å². The molecule has 2 amide bonds. The second kappa shape index (κ2) is 10.6. The first-order chi connectivity index (χ1) is 15.1. The molecule has 3 fully saturated rings. The van der Waals surface area contributed by atoms with Crippen LogP contribution in [0.2, 0.25) is 0 Å². The lowest BCUT2D eigenvalue weighted by molar-refractivity contribution is -0.161. The summed E-state index contributed by atoms with van der Waals surface area (Å²) >= 11 is 0. The fourth-order valence-corrected chi connectivity index (χ4v) is 6.41. The van der Waals surface area contributed by atoms with Gasteiger partial charge in [-0.25, -0.2) is 9.59 Å². The van der Waals surface area contributed by atoms with Gasteiger partial charge in [-0.1, -0.05) is 45.4 Å². The highest BCUT2D eigenvalue weighted by atomic mass is 16.6. The lowest BCUT2D eigenvalue weighted by Gasteiger charge is -2.57. The Hall–Kier alpha value is -1.50. The van der Waals surface area contributed by atoms with Crippen molar-refractivity contribution in [3.63, 3.8) is 0 Å². The van der Waals surface area contributed by atoms with Crippen LogP contribution in [0.4, 0.5) is 9.59 Å². The quantitative estimate of drug-likeness (QED) is 0.606. The van der Waals surface area contributed by atoms with Gasteiger partial charge in [0, 0.05) is 24.0 Å². The molecule has 0 spiro atoms. The summed E-state index contributed by atoms with van der Waals surface area (Å²) in [7, 11) is 0. The fourth-order valence-electron chi connectivity index (χ4n) is 6.41. The number of nitrogens with zero attached hydrogens (tertiary/aromatic N) is 1. The zero-order chi connectivity index (χ0) is 23.4. The van der Waals surface area contributed by atoms with E-state index in [0.29, 0.717) is 6.42 Å². The van der Waals surface area contributed by atoms with Crippen molar-refractivity contribution < 1.29 is 19.1 Å². The fraction of sp³-hybridized carbons (Fsp3) is 0.920. The van der Waals surface area contributed by atoms with Crippen molar-refractivity contribution in [2.45, 2.75) is 141 Å². The van der Waals surface area contributed by atoms with Crippen LogP contribution in [0.25, 0.3) is 0 Å². The Morgan fingerprint density at radius 2 is 1.28 bits per heavy atom. The molecule has 0 radical (unpaired) electrons. The average molecular weight is 452 g/mol. The van der Waals surface area contributed by atoms with Gasteiger partial charge in [-0.3, -0.25) is 4.90 Å². The molecule has 32 heavy (non-hydrogen) atoms. The number of amides is 2. The number of hydrogen-bond acceptors (Lipinski definition) is 5. The minimum atomic E-state index is -0.545. The SMILES string of the molecule is CCN1C(C)(C)CC(OC(=O)NC2CCCCC2)C(OC(=O)NC2CCCCC2)C1(C)C. The third kappa shape index (κ3) is 6.09. The smallest absolute Gasteiger partial charge is 0.407 e. The summed E-state index contributed by atoms with van der Waals surface area (Å²) < 4.78 is 12.0. The number of piperidine rings is 1. The van der Waals surface area contributed by atoms with Gasteiger partial charge in [-0.2, -0.15) is 0 Å². The van der Waals surface area contributed by atoms with Crippen LogP contribution in [-0.4, -0.2) is 59.0 Å². The van der Waals surface area contributed by atoms with Crippen LogP contribution in [0.3, 0.4) is 0 Å². The molecule has 1 saturated heterocycles. The molecule has 0 aromatic carbocycles. The van der Waals surface area contributed by atoms with E-state index in [1.165, 1.54) is 12.8 Å². The number of likely N-dealkylation sites (N-methyl/N-ethyl adjacent to an activating group) is 1. The summed E-state index contributed by atoms with van der Waals surface area (Å²) in [6.07, 6.45) is 9.84. The maximum atomic E-state index is 12.9. The lowest BCUT2D eigenvalue weighted by atomic mass is 9.76. The third-order valence-electron chi connectivity index (χ3n) is 7.82. The van der Waals surface area contributed by atoms with Crippen LogP contribution in [0.15, 0.2) is 0 Å². The molecule has 7 nitrogen and oxygen atoms in total. The molecule has 184 valence electrons. The Labute approximate surface area is 194 Å². The largest absolute Gasteiger partial charge is 0.442 e. The Kier molecular flexibility index (Phi) is 8.34. The van der Waals surface area contributed by atoms with Crippen LogP contribution < -0.4 is 10.6 Å². The molecule has 0 aromatic rings. The molecule has 2 atom stereocenters. The van der Waals surface area contributed by atoms with E-state index >= 15 is 0 Å². The van der Waals surface area contributed by atoms with Crippen molar-refractivity contribution in [1.29, 1.82) is 0 Å². The lowest BCUT2D eigenvalue weighted by Crippen LogP contribution is -2.70. The molecule has 0 aromatic heterocycles. The van der Waals surface area contributed by atoms with Crippen LogP contribution in [0, 0.1) is 0 Å². The summed E-state index contributed by atoms with van der Waals surface area (Å²) in [5, 5.41) is 6.12. The van der Waals surface area contributed by atoms with Gasteiger partial charge in [0.15, 0.2) is 6.10 Å². The molecule has 2 saturated carbocycles. The summed E-state index contributed by atoms with van der Waals surface area (Å²) in [5.74, 6) is 0. The Morgan fingerprint density at radius 3 is 1.75 bits per heavy atom. The average Bonchev–Trinajstić information content (AvgIpc) is 2.72. The predicted octanol–water partition coefficient (Wildman–Crippen LogP) is 5.12. The van der Waals surface area contributed by atoms with Crippen LogP contribution in [0.1, 0.15) is 105 Å². The van der Waals surface area contributed by atoms with E-state index in [4.69, 9.17) is 9.47 Å². The molecule has 2 aliphatic carbocycles. The highest BCUT2D eigenvalue weighted by molar-refractivity contribution is 5.69. The maximum Gasteiger partial charge on any atom is 0.407 e. The van der Waals surface area contributed by atoms with Gasteiger partial charge in [0.05, 0.1) is 5.54 Å². The number of carbonyl (C=O) groups is 2. The number of hydrogen-bond donors (Lipinski definition) is 2. The number of ether oxygens (including phenoxy) is 2. The summed E-state index contributed by atoms with van der Waals surface area (Å²) in [4.78, 5) is 28.0. The van der Waals surface area contributed by atoms with Crippen molar-refractivity contribution >= 4 is 12.2 Å². The first-order valence-electron chi connectivity index (χ1n) is 12.9. The summed E-state index contributed by atoms with van der Waals surface area (Å²) in [6, 6.07) is 0.359. The number of alkyl carbamates (subject to hydrolysis) is 2. The Balaban J connectivity index is 1.71. The van der Waals surface area contributed by atoms with Gasteiger partial charge in [0.25, 0.3) is 0 Å². The molecular weight excluding hydrogens is 406 g/mol. The van der Waals surface area contributed by atoms with Crippen molar-refractivity contribution in [3.8, 4) is 0 Å². The van der Waals surface area contributed by atoms with Gasteiger partial charge >= 0.3 is 12.2 Å². The minimum absolute atomic E-state index is 0.177. The second-order valence-corrected chi connectivity index (χ2v) is 11.1. The van der Waals surface area contributed by atoms with E-state index < -0.39 is 23.8 Å². The second-order valence-electron chi connectivity index (χ2n) is 11.1. The van der Waals surface area contributed by atoms with E-state index in [9.17, 15) is 9.59 Å². The monoisotopic (exact) mass is 451 g/mol. The molecular formula is C25H45N3O4. The van der Waals surface area contributed by atoms with Crippen LogP contribution >= 0.6 is 0 Å². The molecule has 3 rings (SSSR count). The van der Waals surface area contributed by atoms with Gasteiger partial charge < -0.3 is 20.1 Å². The number of carbonyl (C=O) groups excluding carboxylic acids is 2. The normalized spacial score (nSPS) is 29.2. The zero-order valence-electron chi connectivity index (χ0n) is 20.9. The molecule has 2 unspecified atom stereocenters. The maximum absolute atomic E-state index is 12.9. The zero-order valence-corrected chi connectivity index (χ0v) is 20.9. The van der Waals surface area contributed by atoms with Gasteiger partial charge in [0.1, 0.15) is 6.10 Å². The van der Waals surface area contributed by atoms with E-state index in [0.717, 1.165) is 57.9 Å². The van der Waals surface area contributed by atoms with Crippen molar-refractivity contribution in [1.82, 2.24) is 15.5 Å². The van der Waals surface area contributed by atoms with Crippen molar-refractivity contribution in [2.24, 2.45) is 0 Å². The third-order valence-corrected chi connectivity index (χ3v) is 7.82. The van der Waals surface area contributed by atoms with Gasteiger partial charge in [0.2, 0.25) is 0 Å². The number of nitrogens with one attached hydrogen (secondary N) is 2. The first-order valence-corrected chi connectivity index (χ1v) is 12.9. The van der Waals surface area contributed by atoms with E-state index in [1.807, 2.05) is 0 Å². The van der Waals surface area contributed by atoms with Gasteiger partial charge in [-0.15, -0.1) is 0 Å². The predicted molar refractivity (Wildman–Crippen MR) is 126 cm³/mol. The molecule has 1 heterocycles. The highest BCUT2D eigenvalue weighted by Crippen LogP contribution is 2.41. The Morgan fingerprint density at radius 1 is 0.812 bits per heavy atom. The van der Waals surface area contributed by atoms with Gasteiger partial charge in [-0.05, 0) is 59.9 Å². The van der Waals surface area contributed by atoms with E-state index in [-0.39, 0.29) is 23.7 Å². The number of rotatable bonds is 5. The standard InChI is InChI=1S/C25H45N3O4/c1-6-28-24(2,3)17-20(31-22(29)26-18-13-9-7-10-14-18)21(25(28,4)5)32-23(30)27-19-15-11-8-12-16-19/h18-21H,6-17H2,1-5H3,(H,26,29)(H,27,30). The van der Waals surface area contributed by atoms with Crippen LogP contribution in [-0.2, 0) is 9.47 Å². The highest BCUT2D eigenvalue weighted by Gasteiger charge is 2.54. The molecule has 2 N–H and O–H groups in total.